The second-order valence-electron chi connectivity index (χ2n) is 4.89. The smallest absolute Gasteiger partial charge is 0.125 e. The summed E-state index contributed by atoms with van der Waals surface area (Å²) in [5.41, 5.74) is 2.67. The molecule has 1 atom stereocenters. The lowest BCUT2D eigenvalue weighted by molar-refractivity contribution is 0.626. The predicted molar refractivity (Wildman–Crippen MR) is 87.2 cm³/mol. The number of hydrogen-bond acceptors (Lipinski definition) is 1. The van der Waals surface area contributed by atoms with Crippen molar-refractivity contribution in [1.82, 2.24) is 9.55 Å². The first-order chi connectivity index (χ1) is 10.1. The zero-order valence-corrected chi connectivity index (χ0v) is 13.7. The molecule has 1 heterocycles. The molecule has 1 unspecified atom stereocenters. The van der Waals surface area contributed by atoms with E-state index in [0.717, 1.165) is 21.4 Å². The van der Waals surface area contributed by atoms with E-state index in [-0.39, 0.29) is 17.7 Å². The van der Waals surface area contributed by atoms with Gasteiger partial charge in [-0.1, -0.05) is 28.1 Å². The molecule has 108 valence electrons. The molecule has 1 aromatic heterocycles. The van der Waals surface area contributed by atoms with Crippen LogP contribution in [0.1, 0.15) is 24.4 Å². The Morgan fingerprint density at radius 2 is 1.95 bits per heavy atom. The number of benzene rings is 2. The second-order valence-corrected chi connectivity index (χ2v) is 6.08. The van der Waals surface area contributed by atoms with Crippen molar-refractivity contribution < 1.29 is 4.39 Å². The number of rotatable bonds is 3. The summed E-state index contributed by atoms with van der Waals surface area (Å²) in [6, 6.07) is 12.8. The van der Waals surface area contributed by atoms with Gasteiger partial charge in [-0.15, -0.1) is 11.6 Å². The minimum absolute atomic E-state index is 0.0716. The van der Waals surface area contributed by atoms with Gasteiger partial charge >= 0.3 is 0 Å². The minimum Gasteiger partial charge on any atom is -0.320 e. The average Bonchev–Trinajstić information content (AvgIpc) is 2.84. The maximum atomic E-state index is 13.4. The molecule has 0 aliphatic rings. The number of halogens is 3. The van der Waals surface area contributed by atoms with Crippen LogP contribution in [-0.4, -0.2) is 9.55 Å². The van der Waals surface area contributed by atoms with Crippen molar-refractivity contribution in [2.24, 2.45) is 0 Å². The summed E-state index contributed by atoms with van der Waals surface area (Å²) in [6.07, 6.45) is 0. The SMILES string of the molecule is CC(c1ccc(Br)cc1)n1c(CCl)nc2cc(F)ccc21. The molecule has 2 nitrogen and oxygen atoms in total. The first-order valence-corrected chi connectivity index (χ1v) is 7.90. The van der Waals surface area contributed by atoms with Crippen LogP contribution in [0.3, 0.4) is 0 Å². The van der Waals surface area contributed by atoms with E-state index >= 15 is 0 Å². The predicted octanol–water partition coefficient (Wildman–Crippen LogP) is 5.29. The van der Waals surface area contributed by atoms with Gasteiger partial charge in [0.1, 0.15) is 11.6 Å². The van der Waals surface area contributed by atoms with E-state index in [4.69, 9.17) is 11.6 Å². The number of hydrogen-bond donors (Lipinski definition) is 0. The van der Waals surface area contributed by atoms with Crippen molar-refractivity contribution >= 4 is 38.6 Å². The third-order valence-electron chi connectivity index (χ3n) is 3.58. The van der Waals surface area contributed by atoms with Crippen LogP contribution in [0.2, 0.25) is 0 Å². The first-order valence-electron chi connectivity index (χ1n) is 6.58. The van der Waals surface area contributed by atoms with E-state index in [9.17, 15) is 4.39 Å². The highest BCUT2D eigenvalue weighted by molar-refractivity contribution is 9.10. The Hall–Kier alpha value is -1.39. The molecule has 0 amide bonds. The van der Waals surface area contributed by atoms with E-state index in [2.05, 4.69) is 44.5 Å². The van der Waals surface area contributed by atoms with Crippen LogP contribution in [-0.2, 0) is 5.88 Å². The fraction of sp³-hybridized carbons (Fsp3) is 0.188. The summed E-state index contributed by atoms with van der Waals surface area (Å²) in [5.74, 6) is 0.745. The Kier molecular flexibility index (Phi) is 4.00. The summed E-state index contributed by atoms with van der Waals surface area (Å²) in [4.78, 5) is 4.44. The van der Waals surface area contributed by atoms with Crippen LogP contribution < -0.4 is 0 Å². The average molecular weight is 368 g/mol. The van der Waals surface area contributed by atoms with E-state index < -0.39 is 0 Å². The van der Waals surface area contributed by atoms with Crippen molar-refractivity contribution in [3.05, 3.63) is 64.1 Å². The zero-order chi connectivity index (χ0) is 15.0. The monoisotopic (exact) mass is 366 g/mol. The van der Waals surface area contributed by atoms with Gasteiger partial charge in [-0.3, -0.25) is 0 Å². The number of imidazole rings is 1. The molecule has 3 rings (SSSR count). The molecule has 0 aliphatic heterocycles. The maximum absolute atomic E-state index is 13.4. The summed E-state index contributed by atoms with van der Waals surface area (Å²) in [7, 11) is 0. The number of nitrogens with zero attached hydrogens (tertiary/aromatic N) is 2. The molecule has 0 saturated heterocycles. The third-order valence-corrected chi connectivity index (χ3v) is 4.35. The zero-order valence-electron chi connectivity index (χ0n) is 11.4. The lowest BCUT2D eigenvalue weighted by Gasteiger charge is -2.17. The molecule has 3 aromatic rings. The van der Waals surface area contributed by atoms with Crippen molar-refractivity contribution in [1.29, 1.82) is 0 Å². The van der Waals surface area contributed by atoms with Crippen LogP contribution in [0.15, 0.2) is 46.9 Å². The van der Waals surface area contributed by atoms with Gasteiger partial charge < -0.3 is 4.57 Å². The highest BCUT2D eigenvalue weighted by Gasteiger charge is 2.17. The Labute approximate surface area is 135 Å². The molecular formula is C16H13BrClFN2. The van der Waals surface area contributed by atoms with Crippen LogP contribution >= 0.6 is 27.5 Å². The van der Waals surface area contributed by atoms with Gasteiger partial charge in [-0.05, 0) is 36.8 Å². The molecule has 0 aliphatic carbocycles. The van der Waals surface area contributed by atoms with Crippen LogP contribution in [0.4, 0.5) is 4.39 Å². The molecule has 0 N–H and O–H groups in total. The summed E-state index contributed by atoms with van der Waals surface area (Å²) in [6.45, 7) is 2.09. The van der Waals surface area contributed by atoms with Gasteiger partial charge in [0.2, 0.25) is 0 Å². The van der Waals surface area contributed by atoms with Crippen molar-refractivity contribution in [2.75, 3.05) is 0 Å². The molecule has 0 spiro atoms. The normalized spacial score (nSPS) is 12.8. The Balaban J connectivity index is 2.16. The van der Waals surface area contributed by atoms with E-state index in [1.807, 2.05) is 12.1 Å². The van der Waals surface area contributed by atoms with Crippen LogP contribution in [0.5, 0.6) is 0 Å². The molecule has 0 saturated carbocycles. The van der Waals surface area contributed by atoms with E-state index in [1.54, 1.807) is 6.07 Å². The number of aromatic nitrogens is 2. The van der Waals surface area contributed by atoms with Crippen LogP contribution in [0.25, 0.3) is 11.0 Å². The highest BCUT2D eigenvalue weighted by Crippen LogP contribution is 2.28. The Morgan fingerprint density at radius 1 is 1.24 bits per heavy atom. The lowest BCUT2D eigenvalue weighted by atomic mass is 10.1. The molecular weight excluding hydrogens is 355 g/mol. The second kappa shape index (κ2) is 5.78. The topological polar surface area (TPSA) is 17.8 Å². The Bertz CT molecular complexity index is 783. The van der Waals surface area contributed by atoms with Gasteiger partial charge in [0.25, 0.3) is 0 Å². The molecule has 0 bridgehead atoms. The molecule has 21 heavy (non-hydrogen) atoms. The number of fused-ring (bicyclic) bond motifs is 1. The first kappa shape index (κ1) is 14.5. The molecule has 0 radical (unpaired) electrons. The van der Waals surface area contributed by atoms with Gasteiger partial charge in [-0.25, -0.2) is 9.37 Å². The van der Waals surface area contributed by atoms with Gasteiger partial charge in [0, 0.05) is 10.5 Å². The van der Waals surface area contributed by atoms with Crippen LogP contribution in [0, 0.1) is 5.82 Å². The van der Waals surface area contributed by atoms with Gasteiger partial charge in [0.15, 0.2) is 0 Å². The fourth-order valence-corrected chi connectivity index (χ4v) is 2.99. The highest BCUT2D eigenvalue weighted by atomic mass is 79.9. The van der Waals surface area contributed by atoms with E-state index in [0.29, 0.717) is 5.52 Å². The van der Waals surface area contributed by atoms with Gasteiger partial charge in [0.05, 0.1) is 23.0 Å². The fourth-order valence-electron chi connectivity index (χ4n) is 2.54. The largest absolute Gasteiger partial charge is 0.320 e. The lowest BCUT2D eigenvalue weighted by Crippen LogP contribution is -2.09. The minimum atomic E-state index is -0.287. The summed E-state index contributed by atoms with van der Waals surface area (Å²) >= 11 is 9.45. The van der Waals surface area contributed by atoms with Crippen molar-refractivity contribution in [3.63, 3.8) is 0 Å². The maximum Gasteiger partial charge on any atom is 0.125 e. The van der Waals surface area contributed by atoms with Crippen molar-refractivity contribution in [2.45, 2.75) is 18.8 Å². The molecule has 2 aromatic carbocycles. The quantitative estimate of drug-likeness (QED) is 0.575. The van der Waals surface area contributed by atoms with Gasteiger partial charge in [-0.2, -0.15) is 0 Å². The summed E-state index contributed by atoms with van der Waals surface area (Å²) < 4.78 is 16.5. The standard InChI is InChI=1S/C16H13BrClFN2/c1-10(11-2-4-12(17)5-3-11)21-15-7-6-13(19)8-14(15)20-16(21)9-18/h2-8,10H,9H2,1H3. The van der Waals surface area contributed by atoms with E-state index in [1.165, 1.54) is 12.1 Å². The Morgan fingerprint density at radius 3 is 2.62 bits per heavy atom. The van der Waals surface area contributed by atoms with Crippen molar-refractivity contribution in [3.8, 4) is 0 Å². The number of alkyl halides is 1. The molecule has 5 heteroatoms. The third kappa shape index (κ3) is 2.70. The summed E-state index contributed by atoms with van der Waals surface area (Å²) in [5, 5.41) is 0. The molecule has 0 fully saturated rings.